The topological polar surface area (TPSA) is 39.1 Å². The van der Waals surface area contributed by atoms with Gasteiger partial charge in [-0.05, 0) is 17.9 Å². The molecule has 84 valence electrons. The molecular weight excluding hydrogens is 242 g/mol. The van der Waals surface area contributed by atoms with Crippen molar-refractivity contribution in [2.24, 2.45) is 0 Å². The fraction of sp³-hybridized carbons (Fsp3) is 0.273. The summed E-state index contributed by atoms with van der Waals surface area (Å²) in [5.74, 6) is 0.165. The summed E-state index contributed by atoms with van der Waals surface area (Å²) in [7, 11) is 0. The lowest BCUT2D eigenvalue weighted by Crippen LogP contribution is -2.12. The van der Waals surface area contributed by atoms with Gasteiger partial charge in [0.25, 0.3) is 0 Å². The van der Waals surface area contributed by atoms with Crippen LogP contribution >= 0.6 is 22.7 Å². The normalized spacial score (nSPS) is 10.5. The van der Waals surface area contributed by atoms with Crippen LogP contribution in [0.15, 0.2) is 33.9 Å². The highest BCUT2D eigenvalue weighted by molar-refractivity contribution is 7.12. The van der Waals surface area contributed by atoms with Gasteiger partial charge in [0.2, 0.25) is 0 Å². The first kappa shape index (κ1) is 11.3. The third-order valence-corrected chi connectivity index (χ3v) is 3.85. The summed E-state index contributed by atoms with van der Waals surface area (Å²) in [6.07, 6.45) is 2.98. The minimum Gasteiger partial charge on any atom is -0.306 e. The van der Waals surface area contributed by atoms with Crippen LogP contribution in [0, 0.1) is 0 Å². The smallest absolute Gasteiger partial charge is 0.306 e. The van der Waals surface area contributed by atoms with Crippen LogP contribution in [0.25, 0.3) is 0 Å². The van der Waals surface area contributed by atoms with Gasteiger partial charge in [-0.2, -0.15) is 0 Å². The van der Waals surface area contributed by atoms with Gasteiger partial charge in [0, 0.05) is 24.5 Å². The molecule has 0 radical (unpaired) electrons. The zero-order valence-electron chi connectivity index (χ0n) is 8.59. The maximum atomic E-state index is 11.6. The number of hydrogen-bond donors (Lipinski definition) is 0. The zero-order chi connectivity index (χ0) is 11.4. The standard InChI is InChI=1S/C11H11NO2S2/c13-9(10-4-2-7-15-10)3-1-5-12-6-8-16-11(12)14/h2,4,6-8H,1,3,5H2. The minimum atomic E-state index is 0.0450. The van der Waals surface area contributed by atoms with E-state index in [0.717, 1.165) is 4.88 Å². The number of rotatable bonds is 5. The molecule has 2 heterocycles. The molecule has 0 unspecified atom stereocenters. The fourth-order valence-electron chi connectivity index (χ4n) is 1.43. The molecule has 0 spiro atoms. The lowest BCUT2D eigenvalue weighted by atomic mass is 10.2. The maximum absolute atomic E-state index is 11.6. The number of carbonyl (C=O) groups excluding carboxylic acids is 1. The number of ketones is 1. The summed E-state index contributed by atoms with van der Waals surface area (Å²) in [6, 6.07) is 3.71. The molecule has 0 saturated heterocycles. The van der Waals surface area contributed by atoms with E-state index in [2.05, 4.69) is 0 Å². The Balaban J connectivity index is 1.83. The lowest BCUT2D eigenvalue weighted by Gasteiger charge is -1.99. The van der Waals surface area contributed by atoms with Crippen LogP contribution in [0.4, 0.5) is 0 Å². The zero-order valence-corrected chi connectivity index (χ0v) is 10.2. The third-order valence-electron chi connectivity index (χ3n) is 2.24. The molecule has 0 aliphatic heterocycles. The molecule has 2 aromatic rings. The second kappa shape index (κ2) is 5.23. The number of aromatic nitrogens is 1. The summed E-state index contributed by atoms with van der Waals surface area (Å²) in [4.78, 5) is 23.7. The van der Waals surface area contributed by atoms with E-state index in [-0.39, 0.29) is 10.7 Å². The van der Waals surface area contributed by atoms with Crippen molar-refractivity contribution in [3.63, 3.8) is 0 Å². The van der Waals surface area contributed by atoms with Crippen LogP contribution in [-0.2, 0) is 6.54 Å². The average Bonchev–Trinajstić information content (AvgIpc) is 2.90. The minimum absolute atomic E-state index is 0.0450. The lowest BCUT2D eigenvalue weighted by molar-refractivity contribution is 0.0982. The number of aryl methyl sites for hydroxylation is 1. The number of thiazole rings is 1. The van der Waals surface area contributed by atoms with Crippen LogP contribution in [-0.4, -0.2) is 10.4 Å². The molecule has 0 aliphatic rings. The van der Waals surface area contributed by atoms with Crippen LogP contribution < -0.4 is 4.87 Å². The number of hydrogen-bond acceptors (Lipinski definition) is 4. The van der Waals surface area contributed by atoms with E-state index in [9.17, 15) is 9.59 Å². The van der Waals surface area contributed by atoms with Crippen molar-refractivity contribution < 1.29 is 4.79 Å². The van der Waals surface area contributed by atoms with Crippen molar-refractivity contribution in [1.29, 1.82) is 0 Å². The molecular formula is C11H11NO2S2. The van der Waals surface area contributed by atoms with Crippen LogP contribution in [0.3, 0.4) is 0 Å². The summed E-state index contributed by atoms with van der Waals surface area (Å²) in [5, 5.41) is 3.67. The van der Waals surface area contributed by atoms with Crippen LogP contribution in [0.2, 0.25) is 0 Å². The molecule has 0 aliphatic carbocycles. The largest absolute Gasteiger partial charge is 0.307 e. The maximum Gasteiger partial charge on any atom is 0.307 e. The van der Waals surface area contributed by atoms with E-state index in [4.69, 9.17) is 0 Å². The van der Waals surface area contributed by atoms with Gasteiger partial charge in [0.1, 0.15) is 0 Å². The Morgan fingerprint density at radius 3 is 2.81 bits per heavy atom. The SMILES string of the molecule is O=C(CCCn1ccsc1=O)c1cccs1. The molecule has 0 atom stereocenters. The summed E-state index contributed by atoms with van der Waals surface area (Å²) >= 11 is 2.65. The Bertz CT molecular complexity index is 510. The second-order valence-corrected chi connectivity index (χ2v) is 5.17. The molecule has 16 heavy (non-hydrogen) atoms. The predicted octanol–water partition coefficient (Wildman–Crippen LogP) is 2.63. The molecule has 5 heteroatoms. The summed E-state index contributed by atoms with van der Waals surface area (Å²) in [5.41, 5.74) is 0. The highest BCUT2D eigenvalue weighted by Crippen LogP contribution is 2.12. The number of nitrogens with zero attached hydrogens (tertiary/aromatic N) is 1. The van der Waals surface area contributed by atoms with Crippen LogP contribution in [0.1, 0.15) is 22.5 Å². The predicted molar refractivity (Wildman–Crippen MR) is 66.5 cm³/mol. The molecule has 2 aromatic heterocycles. The average molecular weight is 253 g/mol. The quantitative estimate of drug-likeness (QED) is 0.768. The molecule has 0 fully saturated rings. The van der Waals surface area contributed by atoms with Crippen LogP contribution in [0.5, 0.6) is 0 Å². The van der Waals surface area contributed by atoms with Gasteiger partial charge >= 0.3 is 4.87 Å². The van der Waals surface area contributed by atoms with E-state index in [1.54, 1.807) is 16.1 Å². The molecule has 0 N–H and O–H groups in total. The molecule has 0 amide bonds. The van der Waals surface area contributed by atoms with Gasteiger partial charge in [-0.3, -0.25) is 9.59 Å². The number of carbonyl (C=O) groups is 1. The van der Waals surface area contributed by atoms with Crippen molar-refractivity contribution in [3.05, 3.63) is 43.6 Å². The Kier molecular flexibility index (Phi) is 3.69. The molecule has 3 nitrogen and oxygen atoms in total. The molecule has 0 aromatic carbocycles. The van der Waals surface area contributed by atoms with Gasteiger partial charge in [-0.1, -0.05) is 17.4 Å². The van der Waals surface area contributed by atoms with Gasteiger partial charge in [-0.25, -0.2) is 0 Å². The number of thiophene rings is 1. The summed E-state index contributed by atoms with van der Waals surface area (Å²) < 4.78 is 1.65. The second-order valence-electron chi connectivity index (χ2n) is 3.37. The van der Waals surface area contributed by atoms with Crippen molar-refractivity contribution in [2.75, 3.05) is 0 Å². The van der Waals surface area contributed by atoms with Gasteiger partial charge in [0.05, 0.1) is 4.88 Å². The summed E-state index contributed by atoms with van der Waals surface area (Å²) in [6.45, 7) is 0.624. The highest BCUT2D eigenvalue weighted by Gasteiger charge is 2.06. The van der Waals surface area contributed by atoms with Crippen molar-refractivity contribution in [1.82, 2.24) is 4.57 Å². The van der Waals surface area contributed by atoms with E-state index in [1.165, 1.54) is 22.7 Å². The van der Waals surface area contributed by atoms with E-state index < -0.39 is 0 Å². The number of Topliss-reactive ketones (excluding diaryl/α,β-unsaturated/α-hetero) is 1. The van der Waals surface area contributed by atoms with Crippen molar-refractivity contribution in [3.8, 4) is 0 Å². The third kappa shape index (κ3) is 2.68. The first-order valence-electron chi connectivity index (χ1n) is 4.98. The Labute approximate surface area is 101 Å². The Hall–Kier alpha value is -1.20. The monoisotopic (exact) mass is 253 g/mol. The van der Waals surface area contributed by atoms with Gasteiger partial charge < -0.3 is 4.57 Å². The molecule has 0 bridgehead atoms. The molecule has 0 saturated carbocycles. The van der Waals surface area contributed by atoms with Gasteiger partial charge in [-0.15, -0.1) is 11.3 Å². The van der Waals surface area contributed by atoms with E-state index in [0.29, 0.717) is 19.4 Å². The van der Waals surface area contributed by atoms with E-state index in [1.807, 2.05) is 17.5 Å². The van der Waals surface area contributed by atoms with Crippen molar-refractivity contribution >= 4 is 28.5 Å². The fourth-order valence-corrected chi connectivity index (χ4v) is 2.73. The highest BCUT2D eigenvalue weighted by atomic mass is 32.1. The Morgan fingerprint density at radius 1 is 1.31 bits per heavy atom. The first-order valence-corrected chi connectivity index (χ1v) is 6.74. The molecule has 2 rings (SSSR count). The Morgan fingerprint density at radius 2 is 2.19 bits per heavy atom. The van der Waals surface area contributed by atoms with E-state index >= 15 is 0 Å². The van der Waals surface area contributed by atoms with Crippen molar-refractivity contribution in [2.45, 2.75) is 19.4 Å². The first-order chi connectivity index (χ1) is 7.77. The van der Waals surface area contributed by atoms with Gasteiger partial charge in [0.15, 0.2) is 5.78 Å².